The minimum Gasteiger partial charge on any atom is -0.359 e. The van der Waals surface area contributed by atoms with Gasteiger partial charge in [-0.2, -0.15) is 13.2 Å². The van der Waals surface area contributed by atoms with Gasteiger partial charge in [0.25, 0.3) is 0 Å². The average Bonchev–Trinajstić information content (AvgIpc) is 2.12. The molecule has 0 amide bonds. The Morgan fingerprint density at radius 3 is 2.22 bits per heavy atom. The summed E-state index contributed by atoms with van der Waals surface area (Å²) in [5, 5.41) is -0.152. The molecule has 2 nitrogen and oxygen atoms in total. The molecule has 0 aromatic carbocycles. The Balaban J connectivity index is 3.07. The molecular weight excluding hydrogens is 265 g/mol. The van der Waals surface area contributed by atoms with E-state index in [4.69, 9.17) is 11.6 Å². The zero-order chi connectivity index (χ0) is 14.1. The van der Waals surface area contributed by atoms with E-state index in [1.54, 1.807) is 11.9 Å². The minimum absolute atomic E-state index is 0.0445. The number of nitrogens with zero attached hydrogens (tertiary/aromatic N) is 2. The molecule has 0 aliphatic heterocycles. The molecule has 0 radical (unpaired) electrons. The lowest BCUT2D eigenvalue weighted by molar-refractivity contribution is -0.137. The van der Waals surface area contributed by atoms with Crippen LogP contribution in [0.25, 0.3) is 0 Å². The van der Waals surface area contributed by atoms with Gasteiger partial charge in [-0.05, 0) is 17.5 Å². The summed E-state index contributed by atoms with van der Waals surface area (Å²) in [4.78, 5) is 5.59. The summed E-state index contributed by atoms with van der Waals surface area (Å²) in [5.41, 5.74) is -0.824. The van der Waals surface area contributed by atoms with Crippen molar-refractivity contribution in [2.75, 3.05) is 18.5 Å². The van der Waals surface area contributed by atoms with Crippen LogP contribution in [0.2, 0.25) is 5.15 Å². The molecule has 0 bridgehead atoms. The first-order valence-electron chi connectivity index (χ1n) is 5.45. The van der Waals surface area contributed by atoms with Crippen LogP contribution in [0, 0.1) is 5.41 Å². The zero-order valence-corrected chi connectivity index (χ0v) is 11.5. The molecule has 0 saturated heterocycles. The van der Waals surface area contributed by atoms with E-state index < -0.39 is 11.7 Å². The average molecular weight is 281 g/mol. The monoisotopic (exact) mass is 280 g/mol. The van der Waals surface area contributed by atoms with Gasteiger partial charge in [-0.15, -0.1) is 0 Å². The van der Waals surface area contributed by atoms with Crippen LogP contribution >= 0.6 is 11.6 Å². The molecule has 18 heavy (non-hydrogen) atoms. The van der Waals surface area contributed by atoms with Crippen LogP contribution < -0.4 is 4.90 Å². The molecule has 1 heterocycles. The summed E-state index contributed by atoms with van der Waals surface area (Å²) < 4.78 is 37.9. The van der Waals surface area contributed by atoms with E-state index in [1.165, 1.54) is 0 Å². The first-order chi connectivity index (χ1) is 7.99. The molecule has 0 saturated carbocycles. The topological polar surface area (TPSA) is 16.1 Å². The maximum atomic E-state index is 12.6. The van der Waals surface area contributed by atoms with Gasteiger partial charge in [0.15, 0.2) is 0 Å². The van der Waals surface area contributed by atoms with Gasteiger partial charge >= 0.3 is 6.18 Å². The van der Waals surface area contributed by atoms with Crippen LogP contribution in [0.15, 0.2) is 12.1 Å². The van der Waals surface area contributed by atoms with Crippen molar-refractivity contribution in [1.82, 2.24) is 4.98 Å². The SMILES string of the molecule is CN(CC(C)(C)C)c1cc(C(F)(F)F)cc(Cl)n1. The van der Waals surface area contributed by atoms with E-state index in [9.17, 15) is 13.2 Å². The fourth-order valence-electron chi connectivity index (χ4n) is 1.63. The third kappa shape index (κ3) is 4.37. The lowest BCUT2D eigenvalue weighted by Crippen LogP contribution is -2.30. The number of alkyl halides is 3. The van der Waals surface area contributed by atoms with Gasteiger partial charge in [-0.3, -0.25) is 0 Å². The van der Waals surface area contributed by atoms with Gasteiger partial charge in [0, 0.05) is 13.6 Å². The molecule has 0 aliphatic carbocycles. The second-order valence-corrected chi connectivity index (χ2v) is 5.84. The van der Waals surface area contributed by atoms with Crippen molar-refractivity contribution in [1.29, 1.82) is 0 Å². The van der Waals surface area contributed by atoms with E-state index in [0.717, 1.165) is 12.1 Å². The van der Waals surface area contributed by atoms with Crippen LogP contribution in [0.4, 0.5) is 19.0 Å². The van der Waals surface area contributed by atoms with Crippen molar-refractivity contribution < 1.29 is 13.2 Å². The van der Waals surface area contributed by atoms with Crippen LogP contribution in [0.1, 0.15) is 26.3 Å². The van der Waals surface area contributed by atoms with E-state index in [1.807, 2.05) is 20.8 Å². The van der Waals surface area contributed by atoms with Gasteiger partial charge in [-0.25, -0.2) is 4.98 Å². The molecule has 1 aromatic heterocycles. The molecule has 0 aliphatic rings. The third-order valence-electron chi connectivity index (χ3n) is 2.21. The quantitative estimate of drug-likeness (QED) is 0.754. The Morgan fingerprint density at radius 2 is 1.78 bits per heavy atom. The maximum absolute atomic E-state index is 12.6. The Labute approximate surface area is 110 Å². The van der Waals surface area contributed by atoms with Crippen molar-refractivity contribution in [2.45, 2.75) is 26.9 Å². The summed E-state index contributed by atoms with van der Waals surface area (Å²) in [5.74, 6) is 0.227. The van der Waals surface area contributed by atoms with Crippen LogP contribution in [-0.4, -0.2) is 18.6 Å². The second-order valence-electron chi connectivity index (χ2n) is 5.45. The molecule has 1 rings (SSSR count). The number of pyridine rings is 1. The normalized spacial score (nSPS) is 12.7. The number of rotatable bonds is 2. The summed E-state index contributed by atoms with van der Waals surface area (Å²) in [6.07, 6.45) is -4.41. The molecular formula is C12H16ClF3N2. The number of aromatic nitrogens is 1. The van der Waals surface area contributed by atoms with Crippen LogP contribution in [-0.2, 0) is 6.18 Å². The van der Waals surface area contributed by atoms with E-state index in [2.05, 4.69) is 4.98 Å². The molecule has 102 valence electrons. The standard InChI is InChI=1S/C12H16ClF3N2/c1-11(2,3)7-18(4)10-6-8(12(14,15)16)5-9(13)17-10/h5-6H,7H2,1-4H3. The lowest BCUT2D eigenvalue weighted by atomic mass is 9.96. The van der Waals surface area contributed by atoms with Gasteiger partial charge in [0.2, 0.25) is 0 Å². The lowest BCUT2D eigenvalue weighted by Gasteiger charge is -2.27. The Kier molecular flexibility index (Phi) is 4.15. The summed E-state index contributed by atoms with van der Waals surface area (Å²) in [7, 11) is 1.70. The Bertz CT molecular complexity index is 424. The third-order valence-corrected chi connectivity index (χ3v) is 2.40. The van der Waals surface area contributed by atoms with Crippen molar-refractivity contribution in [2.24, 2.45) is 5.41 Å². The fourth-order valence-corrected chi connectivity index (χ4v) is 1.84. The predicted molar refractivity (Wildman–Crippen MR) is 67.0 cm³/mol. The van der Waals surface area contributed by atoms with Crippen molar-refractivity contribution in [3.63, 3.8) is 0 Å². The second kappa shape index (κ2) is 4.96. The van der Waals surface area contributed by atoms with Gasteiger partial charge in [-0.1, -0.05) is 32.4 Å². The number of hydrogen-bond acceptors (Lipinski definition) is 2. The smallest absolute Gasteiger partial charge is 0.359 e. The molecule has 0 atom stereocenters. The van der Waals surface area contributed by atoms with Crippen LogP contribution in [0.3, 0.4) is 0 Å². The number of halogens is 4. The largest absolute Gasteiger partial charge is 0.416 e. The molecule has 1 aromatic rings. The highest BCUT2D eigenvalue weighted by atomic mass is 35.5. The van der Waals surface area contributed by atoms with E-state index in [-0.39, 0.29) is 16.4 Å². The molecule has 0 N–H and O–H groups in total. The van der Waals surface area contributed by atoms with Crippen molar-refractivity contribution in [3.05, 3.63) is 22.8 Å². The van der Waals surface area contributed by atoms with Crippen molar-refractivity contribution in [3.8, 4) is 0 Å². The summed E-state index contributed by atoms with van der Waals surface area (Å²) in [6.45, 7) is 6.58. The highest BCUT2D eigenvalue weighted by Gasteiger charge is 2.32. The van der Waals surface area contributed by atoms with E-state index in [0.29, 0.717) is 6.54 Å². The molecule has 0 spiro atoms. The first kappa shape index (κ1) is 15.1. The number of anilines is 1. The van der Waals surface area contributed by atoms with Gasteiger partial charge < -0.3 is 4.90 Å². The van der Waals surface area contributed by atoms with E-state index >= 15 is 0 Å². The number of hydrogen-bond donors (Lipinski definition) is 0. The highest BCUT2D eigenvalue weighted by Crippen LogP contribution is 2.33. The molecule has 6 heteroatoms. The van der Waals surface area contributed by atoms with Crippen molar-refractivity contribution >= 4 is 17.4 Å². The molecule has 0 fully saturated rings. The Hall–Kier alpha value is -0.970. The highest BCUT2D eigenvalue weighted by molar-refractivity contribution is 6.29. The zero-order valence-electron chi connectivity index (χ0n) is 10.8. The van der Waals surface area contributed by atoms with Crippen LogP contribution in [0.5, 0.6) is 0 Å². The maximum Gasteiger partial charge on any atom is 0.416 e. The fraction of sp³-hybridized carbons (Fsp3) is 0.583. The van der Waals surface area contributed by atoms with Gasteiger partial charge in [0.1, 0.15) is 11.0 Å². The minimum atomic E-state index is -4.41. The summed E-state index contributed by atoms with van der Waals surface area (Å²) >= 11 is 5.63. The first-order valence-corrected chi connectivity index (χ1v) is 5.83. The molecule has 0 unspecified atom stereocenters. The predicted octanol–water partition coefficient (Wildman–Crippen LogP) is 4.24. The van der Waals surface area contributed by atoms with Gasteiger partial charge in [0.05, 0.1) is 5.56 Å². The summed E-state index contributed by atoms with van der Waals surface area (Å²) in [6, 6.07) is 1.84. The Morgan fingerprint density at radius 1 is 1.22 bits per heavy atom.